The van der Waals surface area contributed by atoms with Gasteiger partial charge in [0.1, 0.15) is 0 Å². The summed E-state index contributed by atoms with van der Waals surface area (Å²) in [5.41, 5.74) is 1.39. The van der Waals surface area contributed by atoms with Crippen LogP contribution in [0.2, 0.25) is 5.02 Å². The minimum atomic E-state index is 0.519. The molecule has 0 spiro atoms. The van der Waals surface area contributed by atoms with Gasteiger partial charge in [-0.2, -0.15) is 0 Å². The first kappa shape index (κ1) is 10.6. The predicted octanol–water partition coefficient (Wildman–Crippen LogP) is 3.65. The van der Waals surface area contributed by atoms with Crippen LogP contribution in [0.4, 0.5) is 0 Å². The molecule has 86 valence electrons. The molecule has 0 saturated heterocycles. The van der Waals surface area contributed by atoms with Crippen LogP contribution < -0.4 is 5.32 Å². The quantitative estimate of drug-likeness (QED) is 0.844. The summed E-state index contributed by atoms with van der Waals surface area (Å²) in [5, 5.41) is 4.30. The molecule has 2 heteroatoms. The molecular weight excluding hydrogens is 218 g/mol. The lowest BCUT2D eigenvalue weighted by Gasteiger charge is -2.24. The molecule has 3 atom stereocenters. The SMILES string of the molecule is CNC(c1ccc(Cl)cc1)C1CC2CC2C1. The molecule has 0 radical (unpaired) electrons. The smallest absolute Gasteiger partial charge is 0.0406 e. The number of rotatable bonds is 3. The molecule has 1 aromatic rings. The molecule has 3 rings (SSSR count). The molecule has 0 aliphatic heterocycles. The molecule has 1 N–H and O–H groups in total. The maximum absolute atomic E-state index is 5.93. The van der Waals surface area contributed by atoms with E-state index in [2.05, 4.69) is 24.5 Å². The number of hydrogen-bond donors (Lipinski definition) is 1. The fourth-order valence-corrected chi connectivity index (χ4v) is 3.50. The lowest BCUT2D eigenvalue weighted by Crippen LogP contribution is -2.24. The summed E-state index contributed by atoms with van der Waals surface area (Å²) < 4.78 is 0. The predicted molar refractivity (Wildman–Crippen MR) is 67.6 cm³/mol. The van der Waals surface area contributed by atoms with E-state index >= 15 is 0 Å². The monoisotopic (exact) mass is 235 g/mol. The minimum Gasteiger partial charge on any atom is -0.313 e. The Morgan fingerprint density at radius 2 is 1.75 bits per heavy atom. The van der Waals surface area contributed by atoms with Crippen molar-refractivity contribution >= 4 is 11.6 Å². The first-order valence-electron chi connectivity index (χ1n) is 6.20. The molecule has 0 aromatic heterocycles. The van der Waals surface area contributed by atoms with Gasteiger partial charge >= 0.3 is 0 Å². The number of halogens is 1. The van der Waals surface area contributed by atoms with Crippen molar-refractivity contribution in [1.29, 1.82) is 0 Å². The Balaban J connectivity index is 1.77. The summed E-state index contributed by atoms with van der Waals surface area (Å²) in [6.07, 6.45) is 4.32. The summed E-state index contributed by atoms with van der Waals surface area (Å²) in [5.74, 6) is 2.93. The molecule has 0 amide bonds. The van der Waals surface area contributed by atoms with E-state index in [1.807, 2.05) is 12.1 Å². The van der Waals surface area contributed by atoms with Gasteiger partial charge in [-0.3, -0.25) is 0 Å². The Morgan fingerprint density at radius 1 is 1.12 bits per heavy atom. The summed E-state index contributed by atoms with van der Waals surface area (Å²) in [6.45, 7) is 0. The lowest BCUT2D eigenvalue weighted by atomic mass is 9.89. The van der Waals surface area contributed by atoms with Crippen LogP contribution in [-0.2, 0) is 0 Å². The minimum absolute atomic E-state index is 0.519. The van der Waals surface area contributed by atoms with Crippen LogP contribution in [-0.4, -0.2) is 7.05 Å². The first-order chi connectivity index (χ1) is 7.78. The largest absolute Gasteiger partial charge is 0.313 e. The van der Waals surface area contributed by atoms with E-state index in [0.29, 0.717) is 6.04 Å². The van der Waals surface area contributed by atoms with Crippen molar-refractivity contribution in [1.82, 2.24) is 5.32 Å². The second-order valence-electron chi connectivity index (χ2n) is 5.31. The van der Waals surface area contributed by atoms with Crippen molar-refractivity contribution < 1.29 is 0 Å². The number of nitrogens with one attached hydrogen (secondary N) is 1. The third-order valence-electron chi connectivity index (χ3n) is 4.29. The fourth-order valence-electron chi connectivity index (χ4n) is 3.38. The fraction of sp³-hybridized carbons (Fsp3) is 0.571. The summed E-state index contributed by atoms with van der Waals surface area (Å²) >= 11 is 5.93. The zero-order valence-corrected chi connectivity index (χ0v) is 10.4. The highest BCUT2D eigenvalue weighted by molar-refractivity contribution is 6.30. The highest BCUT2D eigenvalue weighted by Crippen LogP contribution is 2.57. The standard InChI is InChI=1S/C14H18ClN/c1-16-14(9-2-4-13(15)5-3-9)12-7-10-6-11(10)8-12/h2-5,10-12,14,16H,6-8H2,1H3. The van der Waals surface area contributed by atoms with Crippen molar-refractivity contribution in [3.8, 4) is 0 Å². The second-order valence-corrected chi connectivity index (χ2v) is 5.74. The molecule has 3 unspecified atom stereocenters. The van der Waals surface area contributed by atoms with E-state index in [9.17, 15) is 0 Å². The van der Waals surface area contributed by atoms with Crippen molar-refractivity contribution in [2.75, 3.05) is 7.05 Å². The van der Waals surface area contributed by atoms with E-state index in [1.54, 1.807) is 0 Å². The van der Waals surface area contributed by atoms with Crippen LogP contribution in [0.15, 0.2) is 24.3 Å². The third-order valence-corrected chi connectivity index (χ3v) is 4.54. The van der Waals surface area contributed by atoms with E-state index in [-0.39, 0.29) is 0 Å². The molecular formula is C14H18ClN. The van der Waals surface area contributed by atoms with Gasteiger partial charge in [0, 0.05) is 11.1 Å². The van der Waals surface area contributed by atoms with Crippen LogP contribution >= 0.6 is 11.6 Å². The number of fused-ring (bicyclic) bond motifs is 1. The molecule has 0 heterocycles. The molecule has 2 aliphatic rings. The van der Waals surface area contributed by atoms with E-state index in [1.165, 1.54) is 24.8 Å². The van der Waals surface area contributed by atoms with Gasteiger partial charge in [0.05, 0.1) is 0 Å². The van der Waals surface area contributed by atoms with Crippen LogP contribution in [0.1, 0.15) is 30.9 Å². The van der Waals surface area contributed by atoms with Gasteiger partial charge in [0.15, 0.2) is 0 Å². The Bertz CT molecular complexity index is 363. The Labute approximate surface area is 102 Å². The lowest BCUT2D eigenvalue weighted by molar-refractivity contribution is 0.359. The third kappa shape index (κ3) is 1.87. The van der Waals surface area contributed by atoms with Gasteiger partial charge in [-0.25, -0.2) is 0 Å². The topological polar surface area (TPSA) is 12.0 Å². The molecule has 1 aromatic carbocycles. The Kier molecular flexibility index (Phi) is 2.68. The highest BCUT2D eigenvalue weighted by Gasteiger charge is 2.47. The first-order valence-corrected chi connectivity index (χ1v) is 6.58. The highest BCUT2D eigenvalue weighted by atomic mass is 35.5. The number of hydrogen-bond acceptors (Lipinski definition) is 1. The second kappa shape index (κ2) is 4.05. The van der Waals surface area contributed by atoms with E-state index in [0.717, 1.165) is 22.8 Å². The van der Waals surface area contributed by atoms with Gasteiger partial charge in [-0.1, -0.05) is 23.7 Å². The summed E-state index contributed by atoms with van der Waals surface area (Å²) in [7, 11) is 2.07. The van der Waals surface area contributed by atoms with Gasteiger partial charge in [0.2, 0.25) is 0 Å². The molecule has 16 heavy (non-hydrogen) atoms. The molecule has 0 bridgehead atoms. The van der Waals surface area contributed by atoms with Crippen molar-refractivity contribution in [3.05, 3.63) is 34.9 Å². The molecule has 2 aliphatic carbocycles. The molecule has 2 saturated carbocycles. The van der Waals surface area contributed by atoms with Crippen molar-refractivity contribution in [2.45, 2.75) is 25.3 Å². The zero-order valence-electron chi connectivity index (χ0n) is 9.62. The number of benzene rings is 1. The Hall–Kier alpha value is -0.530. The van der Waals surface area contributed by atoms with Crippen molar-refractivity contribution in [2.24, 2.45) is 17.8 Å². The van der Waals surface area contributed by atoms with E-state index < -0.39 is 0 Å². The van der Waals surface area contributed by atoms with Crippen LogP contribution in [0, 0.1) is 17.8 Å². The van der Waals surface area contributed by atoms with Crippen LogP contribution in [0.25, 0.3) is 0 Å². The van der Waals surface area contributed by atoms with Crippen molar-refractivity contribution in [3.63, 3.8) is 0 Å². The zero-order chi connectivity index (χ0) is 11.1. The van der Waals surface area contributed by atoms with Crippen LogP contribution in [0.5, 0.6) is 0 Å². The normalized spacial score (nSPS) is 33.5. The maximum Gasteiger partial charge on any atom is 0.0406 e. The van der Waals surface area contributed by atoms with Crippen LogP contribution in [0.3, 0.4) is 0 Å². The summed E-state index contributed by atoms with van der Waals surface area (Å²) in [4.78, 5) is 0. The van der Waals surface area contributed by atoms with Gasteiger partial charge < -0.3 is 5.32 Å². The van der Waals surface area contributed by atoms with Gasteiger partial charge in [0.25, 0.3) is 0 Å². The molecule has 2 fully saturated rings. The Morgan fingerprint density at radius 3 is 2.31 bits per heavy atom. The van der Waals surface area contributed by atoms with Gasteiger partial charge in [-0.15, -0.1) is 0 Å². The average molecular weight is 236 g/mol. The maximum atomic E-state index is 5.93. The van der Waals surface area contributed by atoms with Gasteiger partial charge in [-0.05, 0) is 61.8 Å². The average Bonchev–Trinajstić information content (AvgIpc) is 2.90. The molecule has 1 nitrogen and oxygen atoms in total. The van der Waals surface area contributed by atoms with E-state index in [4.69, 9.17) is 11.6 Å². The summed E-state index contributed by atoms with van der Waals surface area (Å²) in [6, 6.07) is 8.83.